The molecule has 20 heavy (non-hydrogen) atoms. The normalized spacial score (nSPS) is 10.3. The van der Waals surface area contributed by atoms with E-state index in [1.54, 1.807) is 12.1 Å². The van der Waals surface area contributed by atoms with Gasteiger partial charge in [-0.1, -0.05) is 36.7 Å². The maximum atomic E-state index is 11.4. The van der Waals surface area contributed by atoms with Crippen molar-refractivity contribution < 1.29 is 9.90 Å². The molecule has 2 aromatic carbocycles. The number of hydrogen-bond donors (Lipinski definition) is 1. The lowest BCUT2D eigenvalue weighted by Gasteiger charge is -2.26. The monoisotopic (exact) mass is 289 g/mol. The highest BCUT2D eigenvalue weighted by molar-refractivity contribution is 6.31. The van der Waals surface area contributed by atoms with E-state index in [2.05, 4.69) is 6.92 Å². The molecule has 0 fully saturated rings. The van der Waals surface area contributed by atoms with Gasteiger partial charge in [0, 0.05) is 17.3 Å². The summed E-state index contributed by atoms with van der Waals surface area (Å²) in [6.45, 7) is 2.80. The van der Waals surface area contributed by atoms with Gasteiger partial charge in [-0.25, -0.2) is 4.79 Å². The smallest absolute Gasteiger partial charge is 0.337 e. The molecule has 0 radical (unpaired) electrons. The molecular formula is C16H16ClNO2. The van der Waals surface area contributed by atoms with Crippen LogP contribution in [0.2, 0.25) is 5.02 Å². The third-order valence-corrected chi connectivity index (χ3v) is 3.23. The Kier molecular flexibility index (Phi) is 4.64. The summed E-state index contributed by atoms with van der Waals surface area (Å²) in [5.74, 6) is -0.973. The standard InChI is InChI=1S/C16H16ClNO2/c1-2-10-18(13-6-4-3-5-7-13)15-9-8-12(17)11-14(15)16(19)20/h3-9,11H,2,10H2,1H3,(H,19,20). The minimum atomic E-state index is -0.973. The molecule has 0 bridgehead atoms. The molecule has 0 spiro atoms. The van der Waals surface area contributed by atoms with E-state index in [9.17, 15) is 9.90 Å². The zero-order chi connectivity index (χ0) is 14.5. The number of rotatable bonds is 5. The lowest BCUT2D eigenvalue weighted by Crippen LogP contribution is -2.20. The van der Waals surface area contributed by atoms with Gasteiger partial charge in [-0.05, 0) is 36.8 Å². The first-order valence-electron chi connectivity index (χ1n) is 6.49. The van der Waals surface area contributed by atoms with E-state index >= 15 is 0 Å². The van der Waals surface area contributed by atoms with E-state index in [1.807, 2.05) is 35.2 Å². The fraction of sp³-hybridized carbons (Fsp3) is 0.188. The van der Waals surface area contributed by atoms with Crippen LogP contribution in [0.25, 0.3) is 0 Å². The van der Waals surface area contributed by atoms with Gasteiger partial charge in [0.1, 0.15) is 0 Å². The van der Waals surface area contributed by atoms with Crippen LogP contribution in [0, 0.1) is 0 Å². The third-order valence-electron chi connectivity index (χ3n) is 2.99. The predicted octanol–water partition coefficient (Wildman–Crippen LogP) is 4.59. The quantitative estimate of drug-likeness (QED) is 0.875. The summed E-state index contributed by atoms with van der Waals surface area (Å²) in [4.78, 5) is 13.4. The summed E-state index contributed by atoms with van der Waals surface area (Å²) >= 11 is 5.91. The van der Waals surface area contributed by atoms with Crippen molar-refractivity contribution in [3.63, 3.8) is 0 Å². The summed E-state index contributed by atoms with van der Waals surface area (Å²) in [6, 6.07) is 14.7. The van der Waals surface area contributed by atoms with Gasteiger partial charge in [0.05, 0.1) is 11.3 Å². The van der Waals surface area contributed by atoms with Gasteiger partial charge in [0.2, 0.25) is 0 Å². The van der Waals surface area contributed by atoms with Crippen molar-refractivity contribution in [3.8, 4) is 0 Å². The van der Waals surface area contributed by atoms with E-state index in [0.29, 0.717) is 10.7 Å². The van der Waals surface area contributed by atoms with Crippen LogP contribution < -0.4 is 4.90 Å². The van der Waals surface area contributed by atoms with Gasteiger partial charge in [0.25, 0.3) is 0 Å². The number of nitrogens with zero attached hydrogens (tertiary/aromatic N) is 1. The second-order valence-corrected chi connectivity index (χ2v) is 4.89. The van der Waals surface area contributed by atoms with Crippen LogP contribution in [0.4, 0.5) is 11.4 Å². The Hall–Kier alpha value is -2.00. The first kappa shape index (κ1) is 14.4. The molecule has 2 rings (SSSR count). The predicted molar refractivity (Wildman–Crippen MR) is 82.2 cm³/mol. The first-order valence-corrected chi connectivity index (χ1v) is 6.86. The Bertz CT molecular complexity index is 599. The Morgan fingerprint density at radius 1 is 1.20 bits per heavy atom. The minimum Gasteiger partial charge on any atom is -0.478 e. The second kappa shape index (κ2) is 6.44. The molecule has 0 aliphatic carbocycles. The van der Waals surface area contributed by atoms with Gasteiger partial charge in [0.15, 0.2) is 0 Å². The highest BCUT2D eigenvalue weighted by atomic mass is 35.5. The van der Waals surface area contributed by atoms with Crippen molar-refractivity contribution in [1.29, 1.82) is 0 Å². The van der Waals surface area contributed by atoms with Crippen molar-refractivity contribution in [2.75, 3.05) is 11.4 Å². The molecule has 2 aromatic rings. The van der Waals surface area contributed by atoms with Crippen LogP contribution in [0.1, 0.15) is 23.7 Å². The van der Waals surface area contributed by atoms with Gasteiger partial charge in [-0.3, -0.25) is 0 Å². The fourth-order valence-electron chi connectivity index (χ4n) is 2.14. The Morgan fingerprint density at radius 3 is 2.50 bits per heavy atom. The zero-order valence-corrected chi connectivity index (χ0v) is 12.0. The topological polar surface area (TPSA) is 40.5 Å². The summed E-state index contributed by atoms with van der Waals surface area (Å²) in [5.41, 5.74) is 1.85. The highest BCUT2D eigenvalue weighted by Crippen LogP contribution is 2.30. The molecule has 0 amide bonds. The summed E-state index contributed by atoms with van der Waals surface area (Å²) in [6.07, 6.45) is 0.913. The molecule has 0 saturated heterocycles. The minimum absolute atomic E-state index is 0.217. The van der Waals surface area contributed by atoms with Gasteiger partial charge in [-0.2, -0.15) is 0 Å². The van der Waals surface area contributed by atoms with Crippen LogP contribution in [0.15, 0.2) is 48.5 Å². The maximum absolute atomic E-state index is 11.4. The Labute approximate surface area is 123 Å². The Morgan fingerprint density at radius 2 is 1.90 bits per heavy atom. The second-order valence-electron chi connectivity index (χ2n) is 4.45. The lowest BCUT2D eigenvalue weighted by molar-refractivity contribution is 0.0697. The van der Waals surface area contributed by atoms with Crippen LogP contribution in [-0.2, 0) is 0 Å². The van der Waals surface area contributed by atoms with Crippen molar-refractivity contribution in [1.82, 2.24) is 0 Å². The molecule has 0 aliphatic rings. The summed E-state index contributed by atoms with van der Waals surface area (Å²) in [7, 11) is 0. The van der Waals surface area contributed by atoms with Crippen LogP contribution in [-0.4, -0.2) is 17.6 Å². The van der Waals surface area contributed by atoms with E-state index in [-0.39, 0.29) is 5.56 Å². The van der Waals surface area contributed by atoms with Gasteiger partial charge < -0.3 is 10.0 Å². The molecule has 0 saturated carbocycles. The molecule has 0 atom stereocenters. The fourth-order valence-corrected chi connectivity index (χ4v) is 2.31. The Balaban J connectivity index is 2.52. The van der Waals surface area contributed by atoms with Gasteiger partial charge in [-0.15, -0.1) is 0 Å². The summed E-state index contributed by atoms with van der Waals surface area (Å²) < 4.78 is 0. The third kappa shape index (κ3) is 3.11. The molecule has 0 aromatic heterocycles. The van der Waals surface area contributed by atoms with E-state index in [4.69, 9.17) is 11.6 Å². The zero-order valence-electron chi connectivity index (χ0n) is 11.2. The summed E-state index contributed by atoms with van der Waals surface area (Å²) in [5, 5.41) is 9.80. The molecule has 4 heteroatoms. The molecule has 104 valence electrons. The number of carbonyl (C=O) groups is 1. The number of aromatic carboxylic acids is 1. The number of halogens is 1. The molecule has 0 unspecified atom stereocenters. The van der Waals surface area contributed by atoms with Crippen molar-refractivity contribution in [3.05, 3.63) is 59.1 Å². The van der Waals surface area contributed by atoms with E-state index in [0.717, 1.165) is 18.7 Å². The number of anilines is 2. The molecule has 3 nitrogen and oxygen atoms in total. The molecule has 0 heterocycles. The number of carboxylic acids is 1. The number of para-hydroxylation sites is 1. The molecular weight excluding hydrogens is 274 g/mol. The van der Waals surface area contributed by atoms with Crippen LogP contribution >= 0.6 is 11.6 Å². The van der Waals surface area contributed by atoms with Crippen molar-refractivity contribution in [2.24, 2.45) is 0 Å². The average molecular weight is 290 g/mol. The molecule has 1 N–H and O–H groups in total. The first-order chi connectivity index (χ1) is 9.63. The average Bonchev–Trinajstić information content (AvgIpc) is 2.46. The van der Waals surface area contributed by atoms with Crippen molar-refractivity contribution in [2.45, 2.75) is 13.3 Å². The number of hydrogen-bond acceptors (Lipinski definition) is 2. The number of benzene rings is 2. The highest BCUT2D eigenvalue weighted by Gasteiger charge is 2.17. The SMILES string of the molecule is CCCN(c1ccccc1)c1ccc(Cl)cc1C(=O)O. The number of carboxylic acid groups (broad SMARTS) is 1. The lowest BCUT2D eigenvalue weighted by atomic mass is 10.1. The van der Waals surface area contributed by atoms with E-state index in [1.165, 1.54) is 6.07 Å². The maximum Gasteiger partial charge on any atom is 0.337 e. The van der Waals surface area contributed by atoms with Crippen molar-refractivity contribution >= 4 is 28.9 Å². The largest absolute Gasteiger partial charge is 0.478 e. The van der Waals surface area contributed by atoms with Crippen LogP contribution in [0.5, 0.6) is 0 Å². The van der Waals surface area contributed by atoms with E-state index < -0.39 is 5.97 Å². The molecule has 0 aliphatic heterocycles. The van der Waals surface area contributed by atoms with Crippen LogP contribution in [0.3, 0.4) is 0 Å². The van der Waals surface area contributed by atoms with Gasteiger partial charge >= 0.3 is 5.97 Å².